The highest BCUT2D eigenvalue weighted by Crippen LogP contribution is 2.18. The first-order valence-corrected chi connectivity index (χ1v) is 32.6. The van der Waals surface area contributed by atoms with Gasteiger partial charge in [-0.05, 0) is 57.8 Å². The van der Waals surface area contributed by atoms with Crippen LogP contribution in [0, 0.1) is 0 Å². The van der Waals surface area contributed by atoms with Gasteiger partial charge in [0.05, 0.1) is 25.4 Å². The molecule has 0 fully saturated rings. The topological polar surface area (TPSA) is 95.9 Å². The van der Waals surface area contributed by atoms with Crippen molar-refractivity contribution in [2.75, 3.05) is 13.2 Å². The van der Waals surface area contributed by atoms with Gasteiger partial charge in [0.1, 0.15) is 0 Å². The molecule has 2 unspecified atom stereocenters. The molecule has 0 aliphatic heterocycles. The highest BCUT2D eigenvalue weighted by Gasteiger charge is 2.20. The Morgan fingerprint density at radius 3 is 1.06 bits per heavy atom. The highest BCUT2D eigenvalue weighted by molar-refractivity contribution is 5.76. The smallest absolute Gasteiger partial charge is 0.305 e. The minimum atomic E-state index is -0.664. The number of rotatable bonds is 61. The summed E-state index contributed by atoms with van der Waals surface area (Å²) in [5.74, 6) is -0.0233. The SMILES string of the molecule is CCCCCCCCCCCCCCCCCCCCC(=O)OCCCCCCCCCCC/C=C\C/C=C\CCCCCCCCCCCCCC(=O)NC(CO)C(O)CCCCCCCCCCCC. The fourth-order valence-electron chi connectivity index (χ4n) is 10.3. The molecule has 0 bridgehead atoms. The molecule has 0 aromatic rings. The molecular formula is C66H127NO5. The number of nitrogens with one attached hydrogen (secondary N) is 1. The summed E-state index contributed by atoms with van der Waals surface area (Å²) in [4.78, 5) is 24.5. The van der Waals surface area contributed by atoms with Gasteiger partial charge in [0.2, 0.25) is 5.91 Å². The molecule has 0 heterocycles. The first-order chi connectivity index (χ1) is 35.5. The van der Waals surface area contributed by atoms with Crippen molar-refractivity contribution in [3.63, 3.8) is 0 Å². The van der Waals surface area contributed by atoms with Crippen LogP contribution in [0.4, 0.5) is 0 Å². The zero-order valence-electron chi connectivity index (χ0n) is 48.7. The van der Waals surface area contributed by atoms with Crippen LogP contribution in [0.1, 0.15) is 361 Å². The lowest BCUT2D eigenvalue weighted by Crippen LogP contribution is -2.45. The van der Waals surface area contributed by atoms with Crippen molar-refractivity contribution in [1.29, 1.82) is 0 Å². The van der Waals surface area contributed by atoms with Crippen molar-refractivity contribution in [3.8, 4) is 0 Å². The van der Waals surface area contributed by atoms with Crippen molar-refractivity contribution in [2.24, 2.45) is 0 Å². The molecule has 426 valence electrons. The Kier molecular flexibility index (Phi) is 60.5. The lowest BCUT2D eigenvalue weighted by Gasteiger charge is -2.22. The second-order valence-electron chi connectivity index (χ2n) is 22.5. The number of esters is 1. The number of carbonyl (C=O) groups is 2. The summed E-state index contributed by atoms with van der Waals surface area (Å²) in [6.45, 7) is 4.96. The van der Waals surface area contributed by atoms with E-state index in [0.29, 0.717) is 25.9 Å². The predicted molar refractivity (Wildman–Crippen MR) is 315 cm³/mol. The van der Waals surface area contributed by atoms with E-state index >= 15 is 0 Å². The lowest BCUT2D eigenvalue weighted by molar-refractivity contribution is -0.143. The van der Waals surface area contributed by atoms with E-state index in [1.807, 2.05) is 0 Å². The summed E-state index contributed by atoms with van der Waals surface area (Å²) in [7, 11) is 0. The Hall–Kier alpha value is -1.66. The van der Waals surface area contributed by atoms with Gasteiger partial charge >= 0.3 is 5.97 Å². The molecule has 0 saturated carbocycles. The fraction of sp³-hybridized carbons (Fsp3) is 0.909. The number of hydrogen-bond donors (Lipinski definition) is 3. The molecule has 3 N–H and O–H groups in total. The van der Waals surface area contributed by atoms with Crippen LogP contribution in [0.25, 0.3) is 0 Å². The van der Waals surface area contributed by atoms with Crippen LogP contribution < -0.4 is 5.32 Å². The lowest BCUT2D eigenvalue weighted by atomic mass is 10.0. The normalized spacial score (nSPS) is 12.7. The summed E-state index contributed by atoms with van der Waals surface area (Å²) < 4.78 is 5.50. The average molecular weight is 1010 g/mol. The van der Waals surface area contributed by atoms with Gasteiger partial charge in [0, 0.05) is 12.8 Å². The predicted octanol–water partition coefficient (Wildman–Crippen LogP) is 20.6. The van der Waals surface area contributed by atoms with E-state index in [1.54, 1.807) is 0 Å². The molecule has 6 nitrogen and oxygen atoms in total. The average Bonchev–Trinajstić information content (AvgIpc) is 3.38. The zero-order valence-corrected chi connectivity index (χ0v) is 48.7. The van der Waals surface area contributed by atoms with Crippen LogP contribution in [-0.2, 0) is 14.3 Å². The fourth-order valence-corrected chi connectivity index (χ4v) is 10.3. The van der Waals surface area contributed by atoms with E-state index < -0.39 is 12.1 Å². The number of aliphatic hydroxyl groups is 2. The van der Waals surface area contributed by atoms with Crippen molar-refractivity contribution in [2.45, 2.75) is 373 Å². The van der Waals surface area contributed by atoms with Crippen LogP contribution in [0.3, 0.4) is 0 Å². The summed E-state index contributed by atoms with van der Waals surface area (Å²) in [6.07, 6.45) is 76.4. The second kappa shape index (κ2) is 61.9. The first kappa shape index (κ1) is 70.3. The number of unbranched alkanes of at least 4 members (excludes halogenated alkanes) is 46. The van der Waals surface area contributed by atoms with Crippen molar-refractivity contribution >= 4 is 11.9 Å². The number of ether oxygens (including phenoxy) is 1. The van der Waals surface area contributed by atoms with Gasteiger partial charge < -0.3 is 20.3 Å². The van der Waals surface area contributed by atoms with Crippen molar-refractivity contribution < 1.29 is 24.5 Å². The molecule has 0 aliphatic rings. The Balaban J connectivity index is 3.37. The summed E-state index contributed by atoms with van der Waals surface area (Å²) in [6, 6.07) is -0.542. The van der Waals surface area contributed by atoms with E-state index in [2.05, 4.69) is 43.5 Å². The Morgan fingerprint density at radius 2 is 0.694 bits per heavy atom. The number of allylic oxidation sites excluding steroid dienone is 4. The zero-order chi connectivity index (χ0) is 52.2. The van der Waals surface area contributed by atoms with Gasteiger partial charge in [-0.25, -0.2) is 0 Å². The maximum atomic E-state index is 12.4. The van der Waals surface area contributed by atoms with Crippen molar-refractivity contribution in [3.05, 3.63) is 24.3 Å². The van der Waals surface area contributed by atoms with Gasteiger partial charge in [-0.3, -0.25) is 9.59 Å². The number of hydrogen-bond acceptors (Lipinski definition) is 5. The molecule has 0 spiro atoms. The van der Waals surface area contributed by atoms with E-state index in [4.69, 9.17) is 4.74 Å². The van der Waals surface area contributed by atoms with Crippen molar-refractivity contribution in [1.82, 2.24) is 5.32 Å². The Morgan fingerprint density at radius 1 is 0.389 bits per heavy atom. The highest BCUT2D eigenvalue weighted by atomic mass is 16.5. The third-order valence-electron chi connectivity index (χ3n) is 15.3. The molecule has 2 atom stereocenters. The third-order valence-corrected chi connectivity index (χ3v) is 15.3. The van der Waals surface area contributed by atoms with E-state index in [0.717, 1.165) is 44.9 Å². The number of amides is 1. The Labute approximate surface area is 450 Å². The molecule has 0 rings (SSSR count). The minimum absolute atomic E-state index is 0.0154. The van der Waals surface area contributed by atoms with Crippen LogP contribution in [0.2, 0.25) is 0 Å². The second-order valence-corrected chi connectivity index (χ2v) is 22.5. The Bertz CT molecular complexity index is 1120. The van der Waals surface area contributed by atoms with Gasteiger partial charge in [-0.15, -0.1) is 0 Å². The van der Waals surface area contributed by atoms with E-state index in [-0.39, 0.29) is 18.5 Å². The number of carbonyl (C=O) groups excluding carboxylic acids is 2. The minimum Gasteiger partial charge on any atom is -0.466 e. The van der Waals surface area contributed by atoms with Crippen LogP contribution in [-0.4, -0.2) is 47.4 Å². The van der Waals surface area contributed by atoms with Gasteiger partial charge in [0.15, 0.2) is 0 Å². The van der Waals surface area contributed by atoms with E-state index in [1.165, 1.54) is 283 Å². The maximum Gasteiger partial charge on any atom is 0.305 e. The quantitative estimate of drug-likeness (QED) is 0.0320. The van der Waals surface area contributed by atoms with Crippen LogP contribution in [0.5, 0.6) is 0 Å². The summed E-state index contributed by atoms with van der Waals surface area (Å²) in [5, 5.41) is 23.2. The molecule has 6 heteroatoms. The molecule has 0 aromatic heterocycles. The first-order valence-electron chi connectivity index (χ1n) is 32.6. The van der Waals surface area contributed by atoms with Crippen LogP contribution in [0.15, 0.2) is 24.3 Å². The maximum absolute atomic E-state index is 12.4. The molecule has 0 saturated heterocycles. The standard InChI is InChI=1S/C66H127NO5/c1-3-5-7-9-11-13-15-16-17-18-31-34-37-40-44-48-52-56-60-66(71)72-61-57-53-49-45-41-38-35-32-29-27-25-23-21-19-20-22-24-26-28-30-33-36-39-43-47-51-55-59-65(70)67-63(62-68)64(69)58-54-50-46-42-14-12-10-8-6-4-2/h19-20,23,25,63-64,68-69H,3-18,21-22,24,26-62H2,1-2H3,(H,67,70)/b20-19-,25-23-. The molecule has 0 radical (unpaired) electrons. The van der Waals surface area contributed by atoms with Gasteiger partial charge in [-0.2, -0.15) is 0 Å². The van der Waals surface area contributed by atoms with E-state index in [9.17, 15) is 19.8 Å². The molecule has 0 aromatic carbocycles. The third kappa shape index (κ3) is 57.6. The largest absolute Gasteiger partial charge is 0.466 e. The molecule has 1 amide bonds. The van der Waals surface area contributed by atoms with Crippen LogP contribution >= 0.6 is 0 Å². The monoisotopic (exact) mass is 1010 g/mol. The van der Waals surface area contributed by atoms with Gasteiger partial charge in [-0.1, -0.05) is 314 Å². The summed E-state index contributed by atoms with van der Waals surface area (Å²) >= 11 is 0. The molecule has 0 aliphatic carbocycles. The van der Waals surface area contributed by atoms with Gasteiger partial charge in [0.25, 0.3) is 0 Å². The molecular weight excluding hydrogens is 887 g/mol. The number of aliphatic hydroxyl groups excluding tert-OH is 2. The summed E-state index contributed by atoms with van der Waals surface area (Å²) in [5.41, 5.74) is 0. The molecule has 72 heavy (non-hydrogen) atoms.